The zero-order chi connectivity index (χ0) is 18.7. The maximum Gasteiger partial charge on any atom is 0.404 e. The predicted octanol–water partition coefficient (Wildman–Crippen LogP) is 4.82. The molecule has 1 fully saturated rings. The Hall–Kier alpha value is -1.93. The van der Waals surface area contributed by atoms with Crippen LogP contribution in [0, 0.1) is 0 Å². The first-order chi connectivity index (χ1) is 12.4. The third-order valence-electron chi connectivity index (χ3n) is 4.48. The summed E-state index contributed by atoms with van der Waals surface area (Å²) in [5.74, 6) is 0.288. The Labute approximate surface area is 164 Å². The van der Waals surface area contributed by atoms with Crippen LogP contribution in [0.25, 0.3) is 10.4 Å². The highest BCUT2D eigenvalue weighted by atomic mass is 79.9. The highest BCUT2D eigenvalue weighted by molar-refractivity contribution is 9.10. The zero-order valence-electron chi connectivity index (χ0n) is 14.3. The fraction of sp³-hybridized carbons (Fsp3) is 0.389. The first kappa shape index (κ1) is 18.8. The van der Waals surface area contributed by atoms with E-state index in [-0.39, 0.29) is 11.9 Å². The number of hydrogen-bond acceptors (Lipinski definition) is 4. The molecule has 0 aliphatic heterocycles. The Balaban J connectivity index is 1.69. The number of rotatable bonds is 4. The van der Waals surface area contributed by atoms with Gasteiger partial charge in [-0.1, -0.05) is 22.0 Å². The molecule has 2 aromatic rings. The summed E-state index contributed by atoms with van der Waals surface area (Å²) in [6, 6.07) is 5.79. The normalized spacial score (nSPS) is 19.8. The van der Waals surface area contributed by atoms with Crippen molar-refractivity contribution in [2.24, 2.45) is 0 Å². The van der Waals surface area contributed by atoms with Gasteiger partial charge in [0.25, 0.3) is 0 Å². The monoisotopic (exact) mass is 437 g/mol. The van der Waals surface area contributed by atoms with E-state index in [1.165, 1.54) is 6.92 Å². The lowest BCUT2D eigenvalue weighted by atomic mass is 9.86. The average molecular weight is 438 g/mol. The van der Waals surface area contributed by atoms with Gasteiger partial charge in [0.2, 0.25) is 5.91 Å². The van der Waals surface area contributed by atoms with Crippen molar-refractivity contribution in [3.63, 3.8) is 0 Å². The van der Waals surface area contributed by atoms with Gasteiger partial charge in [0.15, 0.2) is 0 Å². The maximum absolute atomic E-state index is 11.2. The maximum atomic E-state index is 11.2. The molecule has 8 heteroatoms. The van der Waals surface area contributed by atoms with E-state index in [0.717, 1.165) is 51.3 Å². The molecule has 1 aliphatic carbocycles. The van der Waals surface area contributed by atoms with E-state index in [9.17, 15) is 9.59 Å². The second-order valence-corrected chi connectivity index (χ2v) is 8.35. The van der Waals surface area contributed by atoms with Crippen molar-refractivity contribution in [1.29, 1.82) is 0 Å². The fourth-order valence-corrected chi connectivity index (χ4v) is 5.11. The Morgan fingerprint density at radius 2 is 2.00 bits per heavy atom. The molecule has 0 radical (unpaired) electrons. The second kappa shape index (κ2) is 8.18. The van der Waals surface area contributed by atoms with Crippen LogP contribution in [0.1, 0.15) is 43.5 Å². The van der Waals surface area contributed by atoms with Crippen LogP contribution < -0.4 is 10.6 Å². The predicted molar refractivity (Wildman–Crippen MR) is 106 cm³/mol. The number of aromatic nitrogens is 1. The summed E-state index contributed by atoms with van der Waals surface area (Å²) in [5, 5.41) is 15.3. The summed E-state index contributed by atoms with van der Waals surface area (Å²) in [6.07, 6.45) is 4.53. The smallest absolute Gasteiger partial charge is 0.404 e. The van der Waals surface area contributed by atoms with Crippen LogP contribution in [0.2, 0.25) is 0 Å². The molecule has 138 valence electrons. The van der Waals surface area contributed by atoms with Crippen molar-refractivity contribution in [3.05, 3.63) is 33.9 Å². The average Bonchev–Trinajstić information content (AvgIpc) is 3.04. The summed E-state index contributed by atoms with van der Waals surface area (Å²) >= 11 is 5.25. The van der Waals surface area contributed by atoms with Crippen molar-refractivity contribution in [2.45, 2.75) is 44.6 Å². The van der Waals surface area contributed by atoms with Crippen LogP contribution in [-0.4, -0.2) is 28.1 Å². The minimum Gasteiger partial charge on any atom is -0.465 e. The quantitative estimate of drug-likeness (QED) is 0.638. The highest BCUT2D eigenvalue weighted by Crippen LogP contribution is 2.39. The molecule has 6 nitrogen and oxygen atoms in total. The van der Waals surface area contributed by atoms with E-state index in [2.05, 4.69) is 31.5 Å². The summed E-state index contributed by atoms with van der Waals surface area (Å²) in [7, 11) is 0. The SMILES string of the molecule is CC(=O)Nc1ccc(-c2cnc(C3CCC(NC(=O)O)CC3)s2)c(Br)c1. The Kier molecular flexibility index (Phi) is 5.93. The van der Waals surface area contributed by atoms with Crippen molar-refractivity contribution in [1.82, 2.24) is 10.3 Å². The Morgan fingerprint density at radius 3 is 2.62 bits per heavy atom. The van der Waals surface area contributed by atoms with Crippen LogP contribution in [0.4, 0.5) is 10.5 Å². The summed E-state index contributed by atoms with van der Waals surface area (Å²) in [5.41, 5.74) is 1.80. The van der Waals surface area contributed by atoms with Crippen LogP contribution in [0.3, 0.4) is 0 Å². The van der Waals surface area contributed by atoms with Gasteiger partial charge in [0.1, 0.15) is 0 Å². The van der Waals surface area contributed by atoms with Gasteiger partial charge in [-0.05, 0) is 37.8 Å². The third kappa shape index (κ3) is 4.62. The summed E-state index contributed by atoms with van der Waals surface area (Å²) in [6.45, 7) is 1.48. The minimum absolute atomic E-state index is 0.0543. The zero-order valence-corrected chi connectivity index (χ0v) is 16.7. The number of nitrogens with one attached hydrogen (secondary N) is 2. The van der Waals surface area contributed by atoms with E-state index in [0.29, 0.717) is 5.92 Å². The van der Waals surface area contributed by atoms with Gasteiger partial charge in [0.05, 0.1) is 9.88 Å². The van der Waals surface area contributed by atoms with Crippen LogP contribution in [0.15, 0.2) is 28.9 Å². The van der Waals surface area contributed by atoms with Gasteiger partial charge < -0.3 is 15.7 Å². The van der Waals surface area contributed by atoms with Crippen LogP contribution >= 0.6 is 27.3 Å². The number of nitrogens with zero attached hydrogens (tertiary/aromatic N) is 1. The first-order valence-corrected chi connectivity index (χ1v) is 10.1. The standard InChI is InChI=1S/C18H20BrN3O3S/c1-10(23)21-13-6-7-14(15(19)8-13)16-9-20-17(26-16)11-2-4-12(5-3-11)22-18(24)25/h6-9,11-12,22H,2-5H2,1H3,(H,21,23)(H,24,25). The lowest BCUT2D eigenvalue weighted by molar-refractivity contribution is -0.114. The molecule has 0 atom stereocenters. The first-order valence-electron chi connectivity index (χ1n) is 8.45. The number of carbonyl (C=O) groups is 2. The fourth-order valence-electron chi connectivity index (χ4n) is 3.26. The van der Waals surface area contributed by atoms with Crippen molar-refractivity contribution in [3.8, 4) is 10.4 Å². The van der Waals surface area contributed by atoms with E-state index < -0.39 is 6.09 Å². The molecule has 0 saturated heterocycles. The van der Waals surface area contributed by atoms with E-state index in [1.54, 1.807) is 11.3 Å². The third-order valence-corrected chi connectivity index (χ3v) is 6.33. The molecule has 2 amide bonds. The molecule has 0 spiro atoms. The van der Waals surface area contributed by atoms with Gasteiger partial charge in [-0.25, -0.2) is 9.78 Å². The molecule has 1 heterocycles. The molecule has 26 heavy (non-hydrogen) atoms. The summed E-state index contributed by atoms with van der Waals surface area (Å²) < 4.78 is 0.910. The number of benzene rings is 1. The second-order valence-electron chi connectivity index (χ2n) is 6.44. The molecular weight excluding hydrogens is 418 g/mol. The van der Waals surface area contributed by atoms with E-state index in [4.69, 9.17) is 5.11 Å². The van der Waals surface area contributed by atoms with E-state index >= 15 is 0 Å². The number of amides is 2. The molecule has 0 bridgehead atoms. The molecule has 0 unspecified atom stereocenters. The van der Waals surface area contributed by atoms with Gasteiger partial charge >= 0.3 is 6.09 Å². The topological polar surface area (TPSA) is 91.3 Å². The largest absolute Gasteiger partial charge is 0.465 e. The van der Waals surface area contributed by atoms with Gasteiger partial charge in [-0.2, -0.15) is 0 Å². The number of hydrogen-bond donors (Lipinski definition) is 3. The Bertz CT molecular complexity index is 816. The molecule has 1 saturated carbocycles. The highest BCUT2D eigenvalue weighted by Gasteiger charge is 2.25. The van der Waals surface area contributed by atoms with Gasteiger partial charge in [0, 0.05) is 40.8 Å². The van der Waals surface area contributed by atoms with Crippen LogP contribution in [0.5, 0.6) is 0 Å². The molecule has 1 aromatic heterocycles. The molecule has 1 aromatic carbocycles. The number of thiazole rings is 1. The molecule has 3 rings (SSSR count). The molecule has 3 N–H and O–H groups in total. The van der Waals surface area contributed by atoms with Crippen molar-refractivity contribution >= 4 is 45.0 Å². The number of carbonyl (C=O) groups excluding carboxylic acids is 1. The van der Waals surface area contributed by atoms with Crippen LogP contribution in [-0.2, 0) is 4.79 Å². The minimum atomic E-state index is -0.947. The molecule has 1 aliphatic rings. The number of anilines is 1. The van der Waals surface area contributed by atoms with Crippen molar-refractivity contribution < 1.29 is 14.7 Å². The number of carboxylic acid groups (broad SMARTS) is 1. The van der Waals surface area contributed by atoms with Crippen molar-refractivity contribution in [2.75, 3.05) is 5.32 Å². The lowest BCUT2D eigenvalue weighted by Crippen LogP contribution is -2.36. The van der Waals surface area contributed by atoms with Gasteiger partial charge in [-0.15, -0.1) is 11.3 Å². The summed E-state index contributed by atoms with van der Waals surface area (Å²) in [4.78, 5) is 27.6. The van der Waals surface area contributed by atoms with E-state index in [1.807, 2.05) is 24.4 Å². The van der Waals surface area contributed by atoms with Gasteiger partial charge in [-0.3, -0.25) is 4.79 Å². The Morgan fingerprint density at radius 1 is 1.27 bits per heavy atom. The molecular formula is C18H20BrN3O3S. The lowest BCUT2D eigenvalue weighted by Gasteiger charge is -2.27. The number of halogens is 1.